The van der Waals surface area contributed by atoms with Crippen LogP contribution in [0.4, 0.5) is 8.78 Å². The molecule has 3 aromatic rings. The maximum Gasteiger partial charge on any atom is 0.395 e. The number of aromatic nitrogens is 1. The third-order valence-electron chi connectivity index (χ3n) is 4.31. The van der Waals surface area contributed by atoms with Crippen molar-refractivity contribution in [2.24, 2.45) is 10.7 Å². The zero-order valence-electron chi connectivity index (χ0n) is 16.6. The highest BCUT2D eigenvalue weighted by Crippen LogP contribution is 2.32. The number of pyridine rings is 1. The summed E-state index contributed by atoms with van der Waals surface area (Å²) in [4.78, 5) is 29.1. The first-order chi connectivity index (χ1) is 14.7. The van der Waals surface area contributed by atoms with Crippen molar-refractivity contribution >= 4 is 36.6 Å². The average Bonchev–Trinajstić information content (AvgIpc) is 2.71. The largest absolute Gasteiger partial charge is 0.575 e. The Morgan fingerprint density at radius 2 is 2.00 bits per heavy atom. The van der Waals surface area contributed by atoms with Crippen molar-refractivity contribution in [3.05, 3.63) is 70.9 Å². The SMILES string of the molecule is CC(C)[C@H](/N=[P+](\[O-])Oc1cccc2nc(Cl)ccc12)C(=O)OCc1ccc(F)cc1F. The van der Waals surface area contributed by atoms with Crippen molar-refractivity contribution in [3.8, 4) is 5.75 Å². The quantitative estimate of drug-likeness (QED) is 0.272. The van der Waals surface area contributed by atoms with Gasteiger partial charge in [0.05, 0.1) is 5.52 Å². The molecular weight excluding hydrogens is 449 g/mol. The Hall–Kier alpha value is -2.67. The number of benzene rings is 2. The molecule has 0 amide bonds. The lowest BCUT2D eigenvalue weighted by atomic mass is 10.1. The first-order valence-corrected chi connectivity index (χ1v) is 10.8. The smallest absolute Gasteiger partial charge is 0.395 e. The van der Waals surface area contributed by atoms with E-state index in [-0.39, 0.29) is 17.2 Å². The summed E-state index contributed by atoms with van der Waals surface area (Å²) in [5.41, 5.74) is 0.564. The maximum atomic E-state index is 13.7. The van der Waals surface area contributed by atoms with Gasteiger partial charge in [-0.15, -0.1) is 0 Å². The Labute approximate surface area is 183 Å². The van der Waals surface area contributed by atoms with Crippen molar-refractivity contribution in [1.82, 2.24) is 4.98 Å². The minimum absolute atomic E-state index is 0.0137. The van der Waals surface area contributed by atoms with Crippen LogP contribution >= 0.6 is 19.8 Å². The molecule has 0 aliphatic rings. The highest BCUT2D eigenvalue weighted by Gasteiger charge is 2.28. The Morgan fingerprint density at radius 1 is 1.23 bits per heavy atom. The molecule has 0 aliphatic heterocycles. The minimum Gasteiger partial charge on any atom is -0.575 e. The van der Waals surface area contributed by atoms with E-state index in [9.17, 15) is 18.5 Å². The van der Waals surface area contributed by atoms with E-state index in [1.807, 2.05) is 0 Å². The molecule has 2 aromatic carbocycles. The second kappa shape index (κ2) is 10.1. The van der Waals surface area contributed by atoms with E-state index >= 15 is 0 Å². The van der Waals surface area contributed by atoms with Crippen molar-refractivity contribution in [1.29, 1.82) is 0 Å². The van der Waals surface area contributed by atoms with Gasteiger partial charge >= 0.3 is 14.1 Å². The number of hydrogen-bond acceptors (Lipinski definition) is 6. The maximum absolute atomic E-state index is 13.7. The van der Waals surface area contributed by atoms with Crippen molar-refractivity contribution in [2.75, 3.05) is 0 Å². The number of halogens is 3. The first kappa shape index (κ1) is 23.0. The van der Waals surface area contributed by atoms with Crippen LogP contribution in [0.3, 0.4) is 0 Å². The summed E-state index contributed by atoms with van der Waals surface area (Å²) in [5.74, 6) is -2.44. The molecule has 1 unspecified atom stereocenters. The van der Waals surface area contributed by atoms with E-state index < -0.39 is 38.4 Å². The lowest BCUT2D eigenvalue weighted by Gasteiger charge is -2.14. The summed E-state index contributed by atoms with van der Waals surface area (Å²) in [6.07, 6.45) is 0. The molecule has 0 spiro atoms. The molecule has 162 valence electrons. The van der Waals surface area contributed by atoms with Crippen molar-refractivity contribution in [3.63, 3.8) is 0 Å². The molecule has 1 aromatic heterocycles. The molecular formula is C21H18ClF2N2O4P. The third kappa shape index (κ3) is 5.94. The van der Waals surface area contributed by atoms with Gasteiger partial charge in [-0.1, -0.05) is 36.3 Å². The van der Waals surface area contributed by atoms with Gasteiger partial charge in [-0.25, -0.2) is 18.6 Å². The van der Waals surface area contributed by atoms with E-state index in [4.69, 9.17) is 20.9 Å². The number of carbonyl (C=O) groups is 1. The van der Waals surface area contributed by atoms with Crippen LogP contribution in [0.2, 0.25) is 5.15 Å². The van der Waals surface area contributed by atoms with Crippen molar-refractivity contribution < 1.29 is 27.7 Å². The van der Waals surface area contributed by atoms with Crippen LogP contribution in [0.25, 0.3) is 10.9 Å². The van der Waals surface area contributed by atoms with Gasteiger partial charge in [-0.2, -0.15) is 0 Å². The summed E-state index contributed by atoms with van der Waals surface area (Å²) >= 11 is 5.89. The van der Waals surface area contributed by atoms with Gasteiger partial charge < -0.3 is 9.63 Å². The molecule has 0 radical (unpaired) electrons. The number of esters is 1. The van der Waals surface area contributed by atoms with E-state index in [0.717, 1.165) is 6.07 Å². The normalized spacial score (nSPS) is 12.8. The molecule has 0 aliphatic carbocycles. The van der Waals surface area contributed by atoms with Gasteiger partial charge in [0.25, 0.3) is 0 Å². The number of ether oxygens (including phenoxy) is 1. The van der Waals surface area contributed by atoms with E-state index in [1.54, 1.807) is 44.2 Å². The van der Waals surface area contributed by atoms with Gasteiger partial charge in [0, 0.05) is 17.0 Å². The van der Waals surface area contributed by atoms with Gasteiger partial charge in [0.2, 0.25) is 0 Å². The Morgan fingerprint density at radius 3 is 2.71 bits per heavy atom. The molecule has 0 bridgehead atoms. The van der Waals surface area contributed by atoms with Gasteiger partial charge in [-0.05, 0) is 42.3 Å². The molecule has 0 saturated carbocycles. The molecule has 6 nitrogen and oxygen atoms in total. The van der Waals surface area contributed by atoms with Crippen LogP contribution in [-0.4, -0.2) is 17.0 Å². The molecule has 0 fully saturated rings. The highest BCUT2D eigenvalue weighted by atomic mass is 35.5. The Kier molecular flexibility index (Phi) is 7.49. The fraction of sp³-hybridized carbons (Fsp3) is 0.238. The number of fused-ring (bicyclic) bond motifs is 1. The first-order valence-electron chi connectivity index (χ1n) is 9.26. The number of carbonyl (C=O) groups excluding carboxylic acids is 1. The summed E-state index contributed by atoms with van der Waals surface area (Å²) < 4.78 is 41.2. The predicted octanol–water partition coefficient (Wildman–Crippen LogP) is 5.17. The molecule has 31 heavy (non-hydrogen) atoms. The van der Waals surface area contributed by atoms with Crippen LogP contribution in [-0.2, 0) is 16.1 Å². The fourth-order valence-electron chi connectivity index (χ4n) is 2.72. The zero-order chi connectivity index (χ0) is 22.5. The topological polar surface area (TPSA) is 83.8 Å². The van der Waals surface area contributed by atoms with Gasteiger partial charge in [-0.3, -0.25) is 4.52 Å². The molecule has 2 atom stereocenters. The van der Waals surface area contributed by atoms with Crippen LogP contribution in [0.1, 0.15) is 19.4 Å². The Balaban J connectivity index is 1.74. The average molecular weight is 467 g/mol. The lowest BCUT2D eigenvalue weighted by Crippen LogP contribution is -2.27. The second-order valence-corrected chi connectivity index (χ2v) is 8.21. The van der Waals surface area contributed by atoms with Crippen LogP contribution < -0.4 is 9.42 Å². The van der Waals surface area contributed by atoms with Crippen molar-refractivity contribution in [2.45, 2.75) is 26.5 Å². The molecule has 3 rings (SSSR count). The van der Waals surface area contributed by atoms with E-state index in [1.165, 1.54) is 6.07 Å². The molecule has 0 N–H and O–H groups in total. The lowest BCUT2D eigenvalue weighted by molar-refractivity contribution is -0.170. The fourth-order valence-corrected chi connectivity index (χ4v) is 3.81. The third-order valence-corrected chi connectivity index (χ3v) is 5.31. The highest BCUT2D eigenvalue weighted by molar-refractivity contribution is 7.34. The molecule has 10 heteroatoms. The second-order valence-electron chi connectivity index (χ2n) is 6.93. The number of nitrogens with zero attached hydrogens (tertiary/aromatic N) is 2. The summed E-state index contributed by atoms with van der Waals surface area (Å²) in [6.45, 7) is 2.99. The minimum atomic E-state index is -2.63. The monoisotopic (exact) mass is 466 g/mol. The van der Waals surface area contributed by atoms with Crippen LogP contribution in [0.5, 0.6) is 5.75 Å². The Bertz CT molecular complexity index is 1140. The summed E-state index contributed by atoms with van der Waals surface area (Å²) in [6, 6.07) is 10.1. The molecule has 0 saturated heterocycles. The van der Waals surface area contributed by atoms with Crippen LogP contribution in [0, 0.1) is 17.6 Å². The van der Waals surface area contributed by atoms with Gasteiger partial charge in [0.1, 0.15) is 23.4 Å². The standard InChI is InChI=1S/C21H18ClF2N2O4P/c1-12(2)20(21(27)29-11-13-6-7-14(23)10-16(13)24)26-31(28)30-18-5-3-4-17-15(18)8-9-19(22)25-17/h3-10,12,20H,11H2,1-2H3/t20-/m0/s1. The summed E-state index contributed by atoms with van der Waals surface area (Å²) in [7, 11) is -2.63. The predicted molar refractivity (Wildman–Crippen MR) is 112 cm³/mol. The summed E-state index contributed by atoms with van der Waals surface area (Å²) in [5, 5.41) is 0.889. The zero-order valence-corrected chi connectivity index (χ0v) is 18.2. The number of rotatable bonds is 7. The molecule has 1 heterocycles. The van der Waals surface area contributed by atoms with E-state index in [0.29, 0.717) is 22.1 Å². The van der Waals surface area contributed by atoms with Crippen LogP contribution in [0.15, 0.2) is 53.3 Å². The number of hydrogen-bond donors (Lipinski definition) is 0. The van der Waals surface area contributed by atoms with E-state index in [2.05, 4.69) is 9.73 Å². The van der Waals surface area contributed by atoms with Gasteiger partial charge in [0.15, 0.2) is 11.8 Å².